The van der Waals surface area contributed by atoms with E-state index < -0.39 is 11.9 Å². The number of hydrogen-bond acceptors (Lipinski definition) is 6. The normalized spacial score (nSPS) is 14.2. The number of nitrogens with one attached hydrogen (secondary N) is 1. The van der Waals surface area contributed by atoms with Crippen LogP contribution in [0.25, 0.3) is 0 Å². The largest absolute Gasteiger partial charge is 0.462 e. The molecule has 0 saturated carbocycles. The van der Waals surface area contributed by atoms with Gasteiger partial charge in [-0.1, -0.05) is 43.3 Å². The lowest BCUT2D eigenvalue weighted by Crippen LogP contribution is -2.40. The smallest absolute Gasteiger partial charge is 0.338 e. The summed E-state index contributed by atoms with van der Waals surface area (Å²) in [5.74, 6) is -1.77. The van der Waals surface area contributed by atoms with Crippen molar-refractivity contribution in [3.63, 3.8) is 0 Å². The van der Waals surface area contributed by atoms with Crippen molar-refractivity contribution >= 4 is 46.5 Å². The first kappa shape index (κ1) is 28.2. The van der Waals surface area contributed by atoms with Gasteiger partial charge in [0.05, 0.1) is 23.6 Å². The van der Waals surface area contributed by atoms with Crippen molar-refractivity contribution in [2.24, 2.45) is 4.99 Å². The van der Waals surface area contributed by atoms with Gasteiger partial charge in [0.25, 0.3) is 0 Å². The minimum Gasteiger partial charge on any atom is -0.462 e. The third kappa shape index (κ3) is 6.09. The molecule has 0 bridgehead atoms. The zero-order valence-electron chi connectivity index (χ0n) is 23.0. The number of esters is 1. The predicted octanol–water partition coefficient (Wildman–Crippen LogP) is 4.55. The average molecular weight is 541 g/mol. The third-order valence-electron chi connectivity index (χ3n) is 6.55. The van der Waals surface area contributed by atoms with E-state index in [0.717, 1.165) is 5.56 Å². The molecule has 3 aromatic rings. The molecule has 3 aromatic carbocycles. The zero-order valence-corrected chi connectivity index (χ0v) is 23.0. The molecule has 1 aliphatic rings. The van der Waals surface area contributed by atoms with Crippen molar-refractivity contribution < 1.29 is 23.9 Å². The van der Waals surface area contributed by atoms with Crippen molar-refractivity contribution in [3.05, 3.63) is 89.5 Å². The highest BCUT2D eigenvalue weighted by atomic mass is 16.5. The third-order valence-corrected chi connectivity index (χ3v) is 6.55. The molecule has 0 fully saturated rings. The molecule has 0 spiro atoms. The summed E-state index contributed by atoms with van der Waals surface area (Å²) in [7, 11) is 3.30. The number of benzene rings is 3. The van der Waals surface area contributed by atoms with Crippen molar-refractivity contribution in [2.75, 3.05) is 37.5 Å². The molecule has 9 heteroatoms. The number of hydrogen-bond donors (Lipinski definition) is 1. The molecule has 9 nitrogen and oxygen atoms in total. The van der Waals surface area contributed by atoms with E-state index >= 15 is 0 Å². The quantitative estimate of drug-likeness (QED) is 0.316. The van der Waals surface area contributed by atoms with E-state index in [1.54, 1.807) is 70.4 Å². The Kier molecular flexibility index (Phi) is 8.73. The molecule has 1 heterocycles. The van der Waals surface area contributed by atoms with Gasteiger partial charge in [-0.05, 0) is 54.4 Å². The molecule has 3 amide bonds. The second kappa shape index (κ2) is 12.4. The molecule has 1 unspecified atom stereocenters. The summed E-state index contributed by atoms with van der Waals surface area (Å²) in [5, 5.41) is 2.88. The molecular formula is C31H32N4O5. The number of likely N-dealkylation sites (N-methyl/N-ethyl adjacent to an activating group) is 1. The lowest BCUT2D eigenvalue weighted by atomic mass is 9.90. The average Bonchev–Trinajstić information content (AvgIpc) is 3.29. The maximum absolute atomic E-state index is 13.3. The number of ether oxygens (including phenoxy) is 1. The van der Waals surface area contributed by atoms with Crippen LogP contribution in [-0.2, 0) is 19.1 Å². The van der Waals surface area contributed by atoms with Crippen LogP contribution in [0.15, 0.2) is 77.8 Å². The fraction of sp³-hybridized carbons (Fsp3) is 0.258. The lowest BCUT2D eigenvalue weighted by Gasteiger charge is -2.23. The van der Waals surface area contributed by atoms with E-state index in [2.05, 4.69) is 5.32 Å². The van der Waals surface area contributed by atoms with E-state index in [4.69, 9.17) is 9.73 Å². The van der Waals surface area contributed by atoms with Crippen LogP contribution in [-0.4, -0.2) is 61.5 Å². The Hall–Kier alpha value is -4.79. The van der Waals surface area contributed by atoms with Gasteiger partial charge in [0.1, 0.15) is 12.5 Å². The van der Waals surface area contributed by atoms with Gasteiger partial charge in [-0.3, -0.25) is 19.4 Å². The Morgan fingerprint density at radius 1 is 0.900 bits per heavy atom. The van der Waals surface area contributed by atoms with E-state index in [9.17, 15) is 19.2 Å². The Balaban J connectivity index is 1.72. The summed E-state index contributed by atoms with van der Waals surface area (Å²) in [6.45, 7) is 3.68. The van der Waals surface area contributed by atoms with E-state index in [1.807, 2.05) is 30.3 Å². The van der Waals surface area contributed by atoms with E-state index in [0.29, 0.717) is 33.9 Å². The van der Waals surface area contributed by atoms with Crippen LogP contribution in [0, 0.1) is 0 Å². The number of anilines is 2. The first-order chi connectivity index (χ1) is 19.2. The summed E-state index contributed by atoms with van der Waals surface area (Å²) in [6.07, 6.45) is 0.257. The highest BCUT2D eigenvalue weighted by Gasteiger charge is 2.36. The van der Waals surface area contributed by atoms with Crippen molar-refractivity contribution in [2.45, 2.75) is 26.2 Å². The van der Waals surface area contributed by atoms with Crippen LogP contribution >= 0.6 is 0 Å². The second-order valence-corrected chi connectivity index (χ2v) is 9.45. The van der Waals surface area contributed by atoms with Gasteiger partial charge < -0.3 is 19.9 Å². The Bertz CT molecular complexity index is 1450. The van der Waals surface area contributed by atoms with E-state index in [1.165, 1.54) is 9.80 Å². The Labute approximate surface area is 233 Å². The molecule has 1 aliphatic heterocycles. The van der Waals surface area contributed by atoms with Crippen LogP contribution in [0.1, 0.15) is 47.7 Å². The summed E-state index contributed by atoms with van der Waals surface area (Å²) < 4.78 is 5.10. The number of rotatable bonds is 9. The molecule has 1 atom stereocenters. The highest BCUT2D eigenvalue weighted by Crippen LogP contribution is 2.37. The molecular weight excluding hydrogens is 508 g/mol. The zero-order chi connectivity index (χ0) is 28.8. The fourth-order valence-electron chi connectivity index (χ4n) is 4.42. The van der Waals surface area contributed by atoms with Gasteiger partial charge >= 0.3 is 5.97 Å². The van der Waals surface area contributed by atoms with Crippen molar-refractivity contribution in [1.29, 1.82) is 0 Å². The van der Waals surface area contributed by atoms with E-state index in [-0.39, 0.29) is 37.3 Å². The fourth-order valence-corrected chi connectivity index (χ4v) is 4.42. The number of carbonyl (C=O) groups is 4. The maximum Gasteiger partial charge on any atom is 0.338 e. The lowest BCUT2D eigenvalue weighted by molar-refractivity contribution is -0.129. The number of amides is 3. The highest BCUT2D eigenvalue weighted by molar-refractivity contribution is 6.24. The predicted molar refractivity (Wildman–Crippen MR) is 154 cm³/mol. The van der Waals surface area contributed by atoms with Gasteiger partial charge in [-0.15, -0.1) is 0 Å². The summed E-state index contributed by atoms with van der Waals surface area (Å²) >= 11 is 0. The summed E-state index contributed by atoms with van der Waals surface area (Å²) in [4.78, 5) is 58.2. The number of fused-ring (bicyclic) bond motifs is 1. The molecule has 4 rings (SSSR count). The standard InChI is InChI=1S/C31H32N4O5/c1-5-26(36)35(19-27(37)34(3)4)23-15-13-22(14-16-23)32-29(20-10-8-7-9-11-20)28-24-17-12-21(31(39)40-6-2)18-25(24)33-30(28)38/h7-18,28H,5-6,19H2,1-4H3,(H,33,38). The van der Waals surface area contributed by atoms with Crippen molar-refractivity contribution in [1.82, 2.24) is 4.90 Å². The first-order valence-electron chi connectivity index (χ1n) is 13.1. The molecule has 206 valence electrons. The SMILES string of the molecule is CCOC(=O)c1ccc2c(c1)NC(=O)C2C(=Nc1ccc(N(CC(=O)N(C)C)C(=O)CC)cc1)c1ccccc1. The van der Waals surface area contributed by atoms with Crippen LogP contribution in [0.4, 0.5) is 17.1 Å². The Morgan fingerprint density at radius 2 is 1.60 bits per heavy atom. The van der Waals surface area contributed by atoms with Crippen LogP contribution in [0.2, 0.25) is 0 Å². The molecule has 40 heavy (non-hydrogen) atoms. The second-order valence-electron chi connectivity index (χ2n) is 9.45. The van der Waals surface area contributed by atoms with Crippen LogP contribution in [0.3, 0.4) is 0 Å². The molecule has 0 radical (unpaired) electrons. The van der Waals surface area contributed by atoms with Gasteiger partial charge in [-0.25, -0.2) is 4.79 Å². The first-order valence-corrected chi connectivity index (χ1v) is 13.1. The minimum absolute atomic E-state index is 0.0651. The number of nitrogens with zero attached hydrogens (tertiary/aromatic N) is 3. The monoisotopic (exact) mass is 540 g/mol. The molecule has 0 aliphatic carbocycles. The topological polar surface area (TPSA) is 108 Å². The number of carbonyl (C=O) groups excluding carboxylic acids is 4. The maximum atomic E-state index is 13.3. The minimum atomic E-state index is -0.704. The van der Waals surface area contributed by atoms with Crippen LogP contribution < -0.4 is 10.2 Å². The number of aliphatic imine (C=N–C) groups is 1. The molecule has 1 N–H and O–H groups in total. The van der Waals surface area contributed by atoms with Crippen LogP contribution in [0.5, 0.6) is 0 Å². The van der Waals surface area contributed by atoms with Gasteiger partial charge in [0.2, 0.25) is 17.7 Å². The Morgan fingerprint density at radius 3 is 2.23 bits per heavy atom. The van der Waals surface area contributed by atoms with Gasteiger partial charge in [-0.2, -0.15) is 0 Å². The molecule has 0 aromatic heterocycles. The van der Waals surface area contributed by atoms with Crippen molar-refractivity contribution in [3.8, 4) is 0 Å². The molecule has 0 saturated heterocycles. The summed E-state index contributed by atoms with van der Waals surface area (Å²) in [5.41, 5.74) is 4.07. The van der Waals surface area contributed by atoms with Gasteiger partial charge in [0, 0.05) is 31.9 Å². The summed E-state index contributed by atoms with van der Waals surface area (Å²) in [6, 6.07) is 21.4. The van der Waals surface area contributed by atoms with Gasteiger partial charge in [0.15, 0.2) is 0 Å².